The minimum atomic E-state index is -1.06. The van der Waals surface area contributed by atoms with Crippen LogP contribution in [0.5, 0.6) is 5.75 Å². The minimum Gasteiger partial charge on any atom is -0.497 e. The lowest BCUT2D eigenvalue weighted by molar-refractivity contribution is -0.137. The van der Waals surface area contributed by atoms with Gasteiger partial charge in [0.15, 0.2) is 0 Å². The molecule has 0 bridgehead atoms. The van der Waals surface area contributed by atoms with Crippen LogP contribution in [0.3, 0.4) is 0 Å². The van der Waals surface area contributed by atoms with Crippen LogP contribution in [0.25, 0.3) is 0 Å². The molecule has 0 atom stereocenters. The summed E-state index contributed by atoms with van der Waals surface area (Å²) in [6.07, 6.45) is 0. The van der Waals surface area contributed by atoms with Crippen LogP contribution in [0.1, 0.15) is 0 Å². The lowest BCUT2D eigenvalue weighted by Crippen LogP contribution is -2.35. The highest BCUT2D eigenvalue weighted by atomic mass is 16.5. The number of hydrogen-bond donors (Lipinski definition) is 2. The van der Waals surface area contributed by atoms with Gasteiger partial charge in [0, 0.05) is 18.8 Å². The molecule has 17 heavy (non-hydrogen) atoms. The minimum absolute atomic E-state index is 0.351. The third-order valence-electron chi connectivity index (χ3n) is 2.04. The third-order valence-corrected chi connectivity index (χ3v) is 2.04. The van der Waals surface area contributed by atoms with Gasteiger partial charge in [0.1, 0.15) is 12.3 Å². The van der Waals surface area contributed by atoms with Gasteiger partial charge in [0.05, 0.1) is 7.11 Å². The maximum absolute atomic E-state index is 11.6. The van der Waals surface area contributed by atoms with Gasteiger partial charge < -0.3 is 20.1 Å². The maximum Gasteiger partial charge on any atom is 0.323 e. The van der Waals surface area contributed by atoms with Crippen molar-refractivity contribution in [2.75, 3.05) is 26.0 Å². The van der Waals surface area contributed by atoms with Crippen molar-refractivity contribution in [3.8, 4) is 5.75 Å². The van der Waals surface area contributed by atoms with Crippen LogP contribution in [0.2, 0.25) is 0 Å². The Kier molecular flexibility index (Phi) is 4.33. The van der Waals surface area contributed by atoms with E-state index < -0.39 is 12.0 Å². The first-order chi connectivity index (χ1) is 8.02. The quantitative estimate of drug-likeness (QED) is 0.827. The normalized spacial score (nSPS) is 9.53. The molecule has 0 saturated heterocycles. The van der Waals surface area contributed by atoms with Gasteiger partial charge in [-0.1, -0.05) is 6.07 Å². The number of rotatable bonds is 4. The molecule has 1 aromatic rings. The summed E-state index contributed by atoms with van der Waals surface area (Å²) in [5, 5.41) is 11.1. The highest BCUT2D eigenvalue weighted by Crippen LogP contribution is 2.16. The average Bonchev–Trinajstić information content (AvgIpc) is 2.28. The average molecular weight is 238 g/mol. The Balaban J connectivity index is 2.64. The fraction of sp³-hybridized carbons (Fsp3) is 0.273. The van der Waals surface area contributed by atoms with E-state index in [-0.39, 0.29) is 6.54 Å². The number of carboxylic acids is 1. The monoisotopic (exact) mass is 238 g/mol. The Morgan fingerprint density at radius 2 is 2.18 bits per heavy atom. The molecular formula is C11H14N2O4. The Bertz CT molecular complexity index is 420. The fourth-order valence-corrected chi connectivity index (χ4v) is 1.19. The van der Waals surface area contributed by atoms with Crippen molar-refractivity contribution in [3.05, 3.63) is 24.3 Å². The van der Waals surface area contributed by atoms with Gasteiger partial charge >= 0.3 is 12.0 Å². The van der Waals surface area contributed by atoms with Gasteiger partial charge in [-0.05, 0) is 12.1 Å². The number of nitrogens with one attached hydrogen (secondary N) is 1. The molecule has 6 heteroatoms. The van der Waals surface area contributed by atoms with Crippen LogP contribution < -0.4 is 10.1 Å². The smallest absolute Gasteiger partial charge is 0.323 e. The van der Waals surface area contributed by atoms with Crippen LogP contribution in [0.15, 0.2) is 24.3 Å². The molecule has 6 nitrogen and oxygen atoms in total. The Morgan fingerprint density at radius 1 is 1.47 bits per heavy atom. The van der Waals surface area contributed by atoms with Crippen molar-refractivity contribution in [1.29, 1.82) is 0 Å². The second-order valence-electron chi connectivity index (χ2n) is 3.41. The number of carbonyl (C=O) groups excluding carboxylic acids is 1. The fourth-order valence-electron chi connectivity index (χ4n) is 1.19. The molecule has 0 aromatic heterocycles. The summed E-state index contributed by atoms with van der Waals surface area (Å²) < 4.78 is 5.00. The summed E-state index contributed by atoms with van der Waals surface area (Å²) in [5.41, 5.74) is 0.548. The standard InChI is InChI=1S/C11H14N2O4/c1-13(7-10(14)15)11(16)12-8-4-3-5-9(6-8)17-2/h3-6H,7H2,1-2H3,(H,12,16)(H,14,15). The first kappa shape index (κ1) is 12.8. The van der Waals surface area contributed by atoms with E-state index in [0.29, 0.717) is 11.4 Å². The van der Waals surface area contributed by atoms with Crippen LogP contribution in [0.4, 0.5) is 10.5 Å². The number of carboxylic acid groups (broad SMARTS) is 1. The molecular weight excluding hydrogens is 224 g/mol. The van der Waals surface area contributed by atoms with Crippen molar-refractivity contribution in [2.45, 2.75) is 0 Å². The number of amides is 2. The van der Waals surface area contributed by atoms with Crippen molar-refractivity contribution >= 4 is 17.7 Å². The summed E-state index contributed by atoms with van der Waals surface area (Å²) in [6.45, 7) is -0.351. The Labute approximate surface area is 98.8 Å². The zero-order valence-corrected chi connectivity index (χ0v) is 9.64. The lowest BCUT2D eigenvalue weighted by atomic mass is 10.3. The van der Waals surface area contributed by atoms with E-state index in [1.807, 2.05) is 0 Å². The van der Waals surface area contributed by atoms with E-state index in [2.05, 4.69) is 5.32 Å². The second kappa shape index (κ2) is 5.74. The van der Waals surface area contributed by atoms with Gasteiger partial charge in [-0.3, -0.25) is 4.79 Å². The predicted octanol–water partition coefficient (Wildman–Crippen LogP) is 1.24. The lowest BCUT2D eigenvalue weighted by Gasteiger charge is -2.15. The van der Waals surface area contributed by atoms with E-state index in [4.69, 9.17) is 9.84 Å². The maximum atomic E-state index is 11.6. The molecule has 0 heterocycles. The van der Waals surface area contributed by atoms with E-state index in [9.17, 15) is 9.59 Å². The number of methoxy groups -OCH3 is 1. The molecule has 0 saturated carbocycles. The molecule has 0 unspecified atom stereocenters. The number of likely N-dealkylation sites (N-methyl/N-ethyl adjacent to an activating group) is 1. The Hall–Kier alpha value is -2.24. The number of hydrogen-bond acceptors (Lipinski definition) is 3. The molecule has 2 amide bonds. The van der Waals surface area contributed by atoms with Gasteiger partial charge in [0.25, 0.3) is 0 Å². The first-order valence-corrected chi connectivity index (χ1v) is 4.91. The highest BCUT2D eigenvalue weighted by Gasteiger charge is 2.11. The summed E-state index contributed by atoms with van der Waals surface area (Å²) in [5.74, 6) is -0.447. The number of aliphatic carboxylic acids is 1. The molecule has 0 aliphatic carbocycles. The zero-order valence-electron chi connectivity index (χ0n) is 9.64. The number of ether oxygens (including phenoxy) is 1. The highest BCUT2D eigenvalue weighted by molar-refractivity contribution is 5.91. The van der Waals surface area contributed by atoms with E-state index in [1.54, 1.807) is 24.3 Å². The zero-order chi connectivity index (χ0) is 12.8. The van der Waals surface area contributed by atoms with Crippen molar-refractivity contribution in [3.63, 3.8) is 0 Å². The van der Waals surface area contributed by atoms with Gasteiger partial charge in [0.2, 0.25) is 0 Å². The van der Waals surface area contributed by atoms with Crippen LogP contribution in [-0.2, 0) is 4.79 Å². The molecule has 2 N–H and O–H groups in total. The van der Waals surface area contributed by atoms with Crippen LogP contribution in [-0.4, -0.2) is 42.7 Å². The van der Waals surface area contributed by atoms with Gasteiger partial charge in [-0.25, -0.2) is 4.79 Å². The van der Waals surface area contributed by atoms with Crippen LogP contribution in [0, 0.1) is 0 Å². The van der Waals surface area contributed by atoms with Gasteiger partial charge in [-0.15, -0.1) is 0 Å². The van der Waals surface area contributed by atoms with Gasteiger partial charge in [-0.2, -0.15) is 0 Å². The molecule has 0 aliphatic heterocycles. The largest absolute Gasteiger partial charge is 0.497 e. The van der Waals surface area contributed by atoms with Crippen LogP contribution >= 0.6 is 0 Å². The summed E-state index contributed by atoms with van der Waals surface area (Å²) in [7, 11) is 2.93. The topological polar surface area (TPSA) is 78.9 Å². The molecule has 92 valence electrons. The number of nitrogens with zero attached hydrogens (tertiary/aromatic N) is 1. The molecule has 0 aliphatic rings. The van der Waals surface area contributed by atoms with E-state index in [1.165, 1.54) is 14.2 Å². The molecule has 1 rings (SSSR count). The number of anilines is 1. The SMILES string of the molecule is COc1cccc(NC(=O)N(C)CC(=O)O)c1. The third kappa shape index (κ3) is 4.02. The molecule has 0 spiro atoms. The first-order valence-electron chi connectivity index (χ1n) is 4.91. The molecule has 0 radical (unpaired) electrons. The predicted molar refractivity (Wildman–Crippen MR) is 62.3 cm³/mol. The summed E-state index contributed by atoms with van der Waals surface area (Å²) >= 11 is 0. The summed E-state index contributed by atoms with van der Waals surface area (Å²) in [4.78, 5) is 23.1. The number of carbonyl (C=O) groups is 2. The van der Waals surface area contributed by atoms with Crippen molar-refractivity contribution in [1.82, 2.24) is 4.90 Å². The number of urea groups is 1. The van der Waals surface area contributed by atoms with Crippen molar-refractivity contribution in [2.24, 2.45) is 0 Å². The molecule has 1 aromatic carbocycles. The van der Waals surface area contributed by atoms with Crippen molar-refractivity contribution < 1.29 is 19.4 Å². The summed E-state index contributed by atoms with van der Waals surface area (Å²) in [6, 6.07) is 6.32. The Morgan fingerprint density at radius 3 is 2.76 bits per heavy atom. The second-order valence-corrected chi connectivity index (χ2v) is 3.41. The van der Waals surface area contributed by atoms with E-state index in [0.717, 1.165) is 4.90 Å². The number of benzene rings is 1. The molecule has 0 fully saturated rings. The van der Waals surface area contributed by atoms with E-state index >= 15 is 0 Å².